The van der Waals surface area contributed by atoms with Crippen LogP contribution < -0.4 is 15.4 Å². The van der Waals surface area contributed by atoms with Gasteiger partial charge in [0.1, 0.15) is 10.8 Å². The first kappa shape index (κ1) is 20.7. The van der Waals surface area contributed by atoms with Gasteiger partial charge < -0.3 is 15.7 Å². The molecule has 1 aromatic carbocycles. The number of nitrogens with one attached hydrogen (secondary N) is 3. The number of sulfonamides is 1. The highest BCUT2D eigenvalue weighted by molar-refractivity contribution is 7.93. The van der Waals surface area contributed by atoms with Crippen LogP contribution in [0.15, 0.2) is 33.6 Å². The van der Waals surface area contributed by atoms with E-state index in [1.54, 1.807) is 0 Å². The molecule has 0 unspecified atom stereocenters. The summed E-state index contributed by atoms with van der Waals surface area (Å²) < 4.78 is 41.2. The van der Waals surface area contributed by atoms with Crippen LogP contribution in [0.1, 0.15) is 23.3 Å². The van der Waals surface area contributed by atoms with E-state index >= 15 is 0 Å². The first-order valence-electron chi connectivity index (χ1n) is 8.32. The van der Waals surface area contributed by atoms with Gasteiger partial charge >= 0.3 is 5.97 Å². The van der Waals surface area contributed by atoms with Crippen molar-refractivity contribution in [3.63, 3.8) is 0 Å². The molecule has 1 aliphatic rings. The van der Waals surface area contributed by atoms with Crippen LogP contribution in [0, 0.1) is 5.82 Å². The predicted molar refractivity (Wildman–Crippen MR) is 104 cm³/mol. The molecule has 13 heteroatoms. The Morgan fingerprint density at radius 3 is 2.79 bits per heavy atom. The molecule has 2 heterocycles. The molecule has 4 N–H and O–H groups in total. The SMILES string of the molecule is O=C(CCC1=NCCN1)Nc1ccc(S(=O)(=O)Nc2scnc2C(=O)O)cc1F. The minimum absolute atomic E-state index is 0.0935. The van der Waals surface area contributed by atoms with Crippen molar-refractivity contribution in [1.29, 1.82) is 0 Å². The molecular weight excluding hydrogens is 425 g/mol. The first-order valence-corrected chi connectivity index (χ1v) is 10.7. The quantitative estimate of drug-likeness (QED) is 0.485. The van der Waals surface area contributed by atoms with Crippen molar-refractivity contribution in [1.82, 2.24) is 10.3 Å². The summed E-state index contributed by atoms with van der Waals surface area (Å²) in [7, 11) is -4.25. The third kappa shape index (κ3) is 5.06. The third-order valence-corrected chi connectivity index (χ3v) is 6.07. The number of aliphatic imine (C=N–C) groups is 1. The van der Waals surface area contributed by atoms with Gasteiger partial charge in [-0.15, -0.1) is 11.3 Å². The second-order valence-corrected chi connectivity index (χ2v) is 8.42. The molecule has 0 radical (unpaired) electrons. The molecular formula is C16H16FN5O5S2. The molecule has 0 atom stereocenters. The Labute approximate surface area is 168 Å². The van der Waals surface area contributed by atoms with Gasteiger partial charge in [-0.1, -0.05) is 0 Å². The van der Waals surface area contributed by atoms with E-state index in [4.69, 9.17) is 5.11 Å². The van der Waals surface area contributed by atoms with E-state index < -0.39 is 38.3 Å². The summed E-state index contributed by atoms with van der Waals surface area (Å²) in [5, 5.41) is 14.2. The van der Waals surface area contributed by atoms with E-state index in [9.17, 15) is 22.4 Å². The van der Waals surface area contributed by atoms with Crippen molar-refractivity contribution in [2.75, 3.05) is 23.1 Å². The van der Waals surface area contributed by atoms with Crippen LogP contribution in [0.5, 0.6) is 0 Å². The van der Waals surface area contributed by atoms with Crippen LogP contribution in [-0.2, 0) is 14.8 Å². The average molecular weight is 441 g/mol. The lowest BCUT2D eigenvalue weighted by molar-refractivity contribution is -0.116. The van der Waals surface area contributed by atoms with Crippen LogP contribution in [0.4, 0.5) is 15.1 Å². The second kappa shape index (κ2) is 8.53. The molecule has 154 valence electrons. The van der Waals surface area contributed by atoms with Crippen molar-refractivity contribution < 1.29 is 27.5 Å². The number of halogens is 1. The molecule has 1 aliphatic heterocycles. The standard InChI is InChI=1S/C16H16FN5O5S2/c17-10-7-9(29(26,27)22-15-14(16(24)25)20-8-28-15)1-2-11(10)21-13(23)4-3-12-18-5-6-19-12/h1-2,7-8,22H,3-6H2,(H,18,19)(H,21,23)(H,24,25). The number of hydrogen-bond acceptors (Lipinski definition) is 8. The number of aromatic carboxylic acids is 1. The minimum Gasteiger partial charge on any atom is -0.476 e. The Morgan fingerprint density at radius 2 is 2.14 bits per heavy atom. The maximum absolute atomic E-state index is 14.3. The van der Waals surface area contributed by atoms with Crippen molar-refractivity contribution in [3.8, 4) is 0 Å². The van der Waals surface area contributed by atoms with Crippen molar-refractivity contribution in [2.24, 2.45) is 4.99 Å². The predicted octanol–water partition coefficient (Wildman–Crippen LogP) is 1.50. The van der Waals surface area contributed by atoms with E-state index in [0.717, 1.165) is 41.9 Å². The summed E-state index contributed by atoms with van der Waals surface area (Å²) in [6, 6.07) is 2.96. The Bertz CT molecular complexity index is 1080. The number of amides is 1. The van der Waals surface area contributed by atoms with E-state index in [-0.39, 0.29) is 17.1 Å². The highest BCUT2D eigenvalue weighted by atomic mass is 32.2. The van der Waals surface area contributed by atoms with Gasteiger partial charge in [-0.05, 0) is 18.2 Å². The van der Waals surface area contributed by atoms with Gasteiger partial charge in [0.2, 0.25) is 5.91 Å². The molecule has 1 aromatic heterocycles. The molecule has 2 aromatic rings. The highest BCUT2D eigenvalue weighted by Crippen LogP contribution is 2.26. The maximum Gasteiger partial charge on any atom is 0.357 e. The summed E-state index contributed by atoms with van der Waals surface area (Å²) in [4.78, 5) is 30.3. The molecule has 0 aliphatic carbocycles. The Hall–Kier alpha value is -3.06. The number of thiazole rings is 1. The van der Waals surface area contributed by atoms with Crippen LogP contribution in [0.25, 0.3) is 0 Å². The van der Waals surface area contributed by atoms with Gasteiger partial charge in [0.15, 0.2) is 5.69 Å². The van der Waals surface area contributed by atoms with E-state index in [0.29, 0.717) is 13.0 Å². The molecule has 0 spiro atoms. The molecule has 29 heavy (non-hydrogen) atoms. The maximum atomic E-state index is 14.3. The van der Waals surface area contributed by atoms with Crippen molar-refractivity contribution in [2.45, 2.75) is 17.7 Å². The summed E-state index contributed by atoms with van der Waals surface area (Å²) in [5.74, 6) is -2.06. The number of rotatable bonds is 8. The molecule has 0 saturated heterocycles. The Morgan fingerprint density at radius 1 is 1.34 bits per heavy atom. The number of amidine groups is 1. The number of hydrogen-bond donors (Lipinski definition) is 4. The first-order chi connectivity index (χ1) is 13.8. The topological polar surface area (TPSA) is 150 Å². The van der Waals surface area contributed by atoms with E-state index in [2.05, 4.69) is 25.3 Å². The van der Waals surface area contributed by atoms with Crippen molar-refractivity contribution >= 4 is 49.8 Å². The zero-order valence-corrected chi connectivity index (χ0v) is 16.4. The fourth-order valence-corrected chi connectivity index (χ4v) is 4.48. The van der Waals surface area contributed by atoms with Crippen LogP contribution >= 0.6 is 11.3 Å². The van der Waals surface area contributed by atoms with Crippen LogP contribution in [0.2, 0.25) is 0 Å². The molecule has 0 saturated carbocycles. The summed E-state index contributed by atoms with van der Waals surface area (Å²) in [6.45, 7) is 1.39. The zero-order chi connectivity index (χ0) is 21.0. The van der Waals surface area contributed by atoms with Gasteiger partial charge in [-0.3, -0.25) is 14.5 Å². The minimum atomic E-state index is -4.25. The summed E-state index contributed by atoms with van der Waals surface area (Å²) in [6.07, 6.45) is 0.487. The number of aromatic nitrogens is 1. The lowest BCUT2D eigenvalue weighted by atomic mass is 10.2. The summed E-state index contributed by atoms with van der Waals surface area (Å²) in [5.41, 5.74) is 0.552. The van der Waals surface area contributed by atoms with Gasteiger partial charge in [0.25, 0.3) is 10.0 Å². The van der Waals surface area contributed by atoms with Gasteiger partial charge in [-0.2, -0.15) is 0 Å². The zero-order valence-electron chi connectivity index (χ0n) is 14.8. The molecule has 10 nitrogen and oxygen atoms in total. The highest BCUT2D eigenvalue weighted by Gasteiger charge is 2.22. The van der Waals surface area contributed by atoms with Crippen LogP contribution in [0.3, 0.4) is 0 Å². The fourth-order valence-electron chi connectivity index (χ4n) is 2.48. The van der Waals surface area contributed by atoms with Crippen LogP contribution in [-0.4, -0.2) is 49.3 Å². The second-order valence-electron chi connectivity index (χ2n) is 5.89. The number of benzene rings is 1. The lowest BCUT2D eigenvalue weighted by Crippen LogP contribution is -2.21. The monoisotopic (exact) mass is 441 g/mol. The largest absolute Gasteiger partial charge is 0.476 e. The summed E-state index contributed by atoms with van der Waals surface area (Å²) >= 11 is 0.783. The van der Waals surface area contributed by atoms with Gasteiger partial charge in [-0.25, -0.2) is 22.6 Å². The number of carboxylic acids is 1. The lowest BCUT2D eigenvalue weighted by Gasteiger charge is -2.10. The number of nitrogens with zero attached hydrogens (tertiary/aromatic N) is 2. The molecule has 3 rings (SSSR count). The van der Waals surface area contributed by atoms with Gasteiger partial charge in [0.05, 0.1) is 28.5 Å². The average Bonchev–Trinajstić information content (AvgIpc) is 3.33. The molecule has 0 bridgehead atoms. The van der Waals surface area contributed by atoms with Gasteiger partial charge in [0, 0.05) is 19.4 Å². The number of carbonyl (C=O) groups excluding carboxylic acids is 1. The third-order valence-electron chi connectivity index (χ3n) is 3.85. The Balaban J connectivity index is 1.68. The van der Waals surface area contributed by atoms with Crippen molar-refractivity contribution in [3.05, 3.63) is 35.2 Å². The number of carbonyl (C=O) groups is 2. The van der Waals surface area contributed by atoms with E-state index in [1.807, 2.05) is 0 Å². The normalized spacial score (nSPS) is 13.5. The number of anilines is 2. The molecule has 0 fully saturated rings. The smallest absolute Gasteiger partial charge is 0.357 e. The fraction of sp³-hybridized carbons (Fsp3) is 0.250. The van der Waals surface area contributed by atoms with E-state index in [1.165, 1.54) is 5.51 Å². The number of carboxylic acid groups (broad SMARTS) is 1. The Kier molecular flexibility index (Phi) is 6.08. The molecule has 1 amide bonds.